The van der Waals surface area contributed by atoms with Crippen molar-refractivity contribution < 1.29 is 42.1 Å². The Labute approximate surface area is 641 Å². The summed E-state index contributed by atoms with van der Waals surface area (Å²) in [5.41, 5.74) is 0. The van der Waals surface area contributed by atoms with E-state index in [0.29, 0.717) is 17.4 Å². The fourth-order valence-corrected chi connectivity index (χ4v) is 12.3. The smallest absolute Gasteiger partial charge is 0.306 e. The minimum Gasteiger partial charge on any atom is -0.756 e. The number of quaternary nitrogens is 1. The Bertz CT molecular complexity index is 2420. The first-order valence-electron chi connectivity index (χ1n) is 42.5. The van der Waals surface area contributed by atoms with Crippen LogP contribution in [0.5, 0.6) is 0 Å². The summed E-state index contributed by atoms with van der Waals surface area (Å²) < 4.78 is 34.4. The topological polar surface area (TPSA) is 111 Å². The molecule has 0 heterocycles. The van der Waals surface area contributed by atoms with Gasteiger partial charge in [0.25, 0.3) is 7.82 Å². The second-order valence-electron chi connectivity index (χ2n) is 29.1. The molecule has 0 N–H and O–H groups in total. The van der Waals surface area contributed by atoms with Crippen LogP contribution in [-0.2, 0) is 32.7 Å². The van der Waals surface area contributed by atoms with E-state index >= 15 is 0 Å². The van der Waals surface area contributed by atoms with Crippen LogP contribution < -0.4 is 4.89 Å². The Morgan fingerprint density at radius 3 is 0.769 bits per heavy atom. The van der Waals surface area contributed by atoms with E-state index < -0.39 is 26.5 Å². The highest BCUT2D eigenvalue weighted by atomic mass is 31.2. The van der Waals surface area contributed by atoms with E-state index in [2.05, 4.69) is 196 Å². The molecular weight excluding hydrogens is 1300 g/mol. The van der Waals surface area contributed by atoms with Crippen LogP contribution in [0.25, 0.3) is 0 Å². The van der Waals surface area contributed by atoms with Gasteiger partial charge in [-0.15, -0.1) is 0 Å². The van der Waals surface area contributed by atoms with Gasteiger partial charge in [0.2, 0.25) is 0 Å². The Kier molecular flexibility index (Phi) is 78.3. The van der Waals surface area contributed by atoms with E-state index in [1.807, 2.05) is 21.1 Å². The Morgan fingerprint density at radius 2 is 0.519 bits per heavy atom. The van der Waals surface area contributed by atoms with Crippen molar-refractivity contribution in [3.63, 3.8) is 0 Å². The monoisotopic (exact) mass is 1460 g/mol. The van der Waals surface area contributed by atoms with Gasteiger partial charge in [0.1, 0.15) is 19.8 Å². The SMILES string of the molecule is CC/C=C\C/C=C\C/C=C\C/C=C\C/C=C\C/C=C\C/C=C\C/C=C\C/C=C\C/C=C\CCCCCCCCCCCCC(=O)OC(COC(=O)CCCCCCCCCCCCCCCCCCCCCCCCC/C=C\C/C=C\C/C=C\C/C=C\C/C=C\CC)COP(=O)([O-])OCC[N+](C)(C)C. The minimum absolute atomic E-state index is 0.0375. The van der Waals surface area contributed by atoms with Crippen LogP contribution in [0.2, 0.25) is 0 Å². The van der Waals surface area contributed by atoms with Crippen molar-refractivity contribution in [1.29, 1.82) is 0 Å². The van der Waals surface area contributed by atoms with Crippen LogP contribution in [0.15, 0.2) is 182 Å². The van der Waals surface area contributed by atoms with Gasteiger partial charge in [0, 0.05) is 12.8 Å². The number of rotatable bonds is 77. The molecule has 0 aliphatic carbocycles. The highest BCUT2D eigenvalue weighted by Gasteiger charge is 2.22. The largest absolute Gasteiger partial charge is 0.756 e. The molecular formula is C94H158NO8P. The highest BCUT2D eigenvalue weighted by molar-refractivity contribution is 7.45. The molecule has 0 fully saturated rings. The average Bonchev–Trinajstić information content (AvgIpc) is 0.920. The first-order chi connectivity index (χ1) is 51.0. The van der Waals surface area contributed by atoms with Gasteiger partial charge < -0.3 is 27.9 Å². The first-order valence-corrected chi connectivity index (χ1v) is 44.0. The van der Waals surface area contributed by atoms with E-state index in [-0.39, 0.29) is 32.0 Å². The van der Waals surface area contributed by atoms with Crippen molar-refractivity contribution in [2.75, 3.05) is 47.5 Å². The number of esters is 2. The Morgan fingerprint density at radius 1 is 0.298 bits per heavy atom. The molecule has 0 radical (unpaired) electrons. The van der Waals surface area contributed by atoms with Crippen LogP contribution in [0.3, 0.4) is 0 Å². The lowest BCUT2D eigenvalue weighted by Gasteiger charge is -2.28. The molecule has 0 rings (SSSR count). The molecule has 0 aromatic heterocycles. The third-order valence-electron chi connectivity index (χ3n) is 17.9. The summed E-state index contributed by atoms with van der Waals surface area (Å²) in [4.78, 5) is 38.2. The zero-order valence-electron chi connectivity index (χ0n) is 67.7. The van der Waals surface area contributed by atoms with Gasteiger partial charge in [0.15, 0.2) is 6.10 Å². The van der Waals surface area contributed by atoms with Crippen molar-refractivity contribution in [3.05, 3.63) is 182 Å². The molecule has 10 heteroatoms. The molecule has 2 atom stereocenters. The van der Waals surface area contributed by atoms with Crippen LogP contribution >= 0.6 is 7.82 Å². The average molecular weight is 1460 g/mol. The number of likely N-dealkylation sites (N-methyl/N-ethyl adjacent to an activating group) is 1. The van der Waals surface area contributed by atoms with Crippen LogP contribution in [0, 0.1) is 0 Å². The van der Waals surface area contributed by atoms with Gasteiger partial charge in [-0.2, -0.15) is 0 Å². The number of unbranched alkanes of at least 4 members (excludes halogenated alkanes) is 33. The number of phosphoric ester groups is 1. The third kappa shape index (κ3) is 86.0. The summed E-state index contributed by atoms with van der Waals surface area (Å²) in [5.74, 6) is -0.834. The van der Waals surface area contributed by atoms with E-state index in [4.69, 9.17) is 18.5 Å². The lowest BCUT2D eigenvalue weighted by Crippen LogP contribution is -2.37. The maximum absolute atomic E-state index is 12.9. The molecule has 104 heavy (non-hydrogen) atoms. The minimum atomic E-state index is -4.66. The fraction of sp³-hybridized carbons (Fsp3) is 0.660. The standard InChI is InChI=1S/C94H158NO8P/c1-6-8-10-12-14-16-18-20-22-24-26-28-30-32-34-36-38-40-42-44-46-47-49-51-53-55-57-59-61-63-65-67-69-71-73-75-77-79-81-83-85-87-94(97)103-92(91-102-104(98,99)101-89-88-95(3,4)5)90-100-93(96)86-84-82-80-78-76-74-72-70-68-66-64-62-60-58-56-54-52-50-48-45-43-41-39-37-35-33-31-29-27-25-23-21-19-17-15-13-11-9-7-2/h8-11,14-17,20-23,26-29,32-35,38,40,44,46,49,51,55,57,61,63,92H,6-7,12-13,18-19,24-25,30-31,36-37,39,41-43,45,47-48,50,52-54,56,58-60,62,64-91H2,1-5H3/b10-8-,11-9-,16-14-,17-15-,22-20-,23-21-,28-26-,29-27-,34-32-,35-33-,40-38-,46-44-,51-49-,57-55-,63-61-. The zero-order valence-corrected chi connectivity index (χ0v) is 68.6. The predicted molar refractivity (Wildman–Crippen MR) is 452 cm³/mol. The van der Waals surface area contributed by atoms with E-state index in [9.17, 15) is 19.0 Å². The quantitative estimate of drug-likeness (QED) is 0.0195. The van der Waals surface area contributed by atoms with Crippen LogP contribution in [-0.4, -0.2) is 70.0 Å². The number of hydrogen-bond donors (Lipinski definition) is 0. The maximum atomic E-state index is 12.9. The fourth-order valence-electron chi connectivity index (χ4n) is 11.5. The second-order valence-corrected chi connectivity index (χ2v) is 30.5. The molecule has 0 saturated heterocycles. The number of nitrogens with zero attached hydrogens (tertiary/aromatic N) is 1. The lowest BCUT2D eigenvalue weighted by atomic mass is 10.0. The van der Waals surface area contributed by atoms with Crippen molar-refractivity contribution >= 4 is 19.8 Å². The van der Waals surface area contributed by atoms with Crippen LogP contribution in [0.1, 0.15) is 348 Å². The van der Waals surface area contributed by atoms with E-state index in [0.717, 1.165) is 141 Å². The van der Waals surface area contributed by atoms with E-state index in [1.54, 1.807) is 0 Å². The molecule has 0 aromatic rings. The van der Waals surface area contributed by atoms with Crippen LogP contribution in [0.4, 0.5) is 0 Å². The third-order valence-corrected chi connectivity index (χ3v) is 18.9. The molecule has 592 valence electrons. The van der Waals surface area contributed by atoms with Gasteiger partial charge in [0.05, 0.1) is 27.7 Å². The summed E-state index contributed by atoms with van der Waals surface area (Å²) in [6.07, 6.45) is 126. The number of carbonyl (C=O) groups is 2. The zero-order chi connectivity index (χ0) is 75.4. The highest BCUT2D eigenvalue weighted by Crippen LogP contribution is 2.38. The molecule has 0 amide bonds. The van der Waals surface area contributed by atoms with Gasteiger partial charge in [-0.1, -0.05) is 382 Å². The Hall–Kier alpha value is -4.89. The number of carbonyl (C=O) groups excluding carboxylic acids is 2. The molecule has 2 unspecified atom stereocenters. The van der Waals surface area contributed by atoms with Gasteiger partial charge in [-0.3, -0.25) is 14.2 Å². The van der Waals surface area contributed by atoms with Crippen molar-refractivity contribution in [2.45, 2.75) is 354 Å². The number of phosphoric acid groups is 1. The van der Waals surface area contributed by atoms with Gasteiger partial charge in [-0.05, 0) is 135 Å². The summed E-state index contributed by atoms with van der Waals surface area (Å²) >= 11 is 0. The summed E-state index contributed by atoms with van der Waals surface area (Å²) in [7, 11) is 1.16. The summed E-state index contributed by atoms with van der Waals surface area (Å²) in [6, 6.07) is 0. The Balaban J connectivity index is 3.99. The molecule has 0 saturated carbocycles. The molecule has 0 spiro atoms. The molecule has 9 nitrogen and oxygen atoms in total. The molecule has 0 aliphatic rings. The second kappa shape index (κ2) is 82.2. The normalized spacial score (nSPS) is 13.9. The molecule has 0 aliphatic heterocycles. The van der Waals surface area contributed by atoms with Gasteiger partial charge in [-0.25, -0.2) is 0 Å². The van der Waals surface area contributed by atoms with E-state index in [1.165, 1.54) is 173 Å². The number of hydrogen-bond acceptors (Lipinski definition) is 8. The number of ether oxygens (including phenoxy) is 2. The molecule has 0 aromatic carbocycles. The molecule has 0 bridgehead atoms. The number of allylic oxidation sites excluding steroid dienone is 30. The maximum Gasteiger partial charge on any atom is 0.306 e. The van der Waals surface area contributed by atoms with Crippen molar-refractivity contribution in [2.24, 2.45) is 0 Å². The predicted octanol–water partition coefficient (Wildman–Crippen LogP) is 28.3. The first kappa shape index (κ1) is 99.1. The lowest BCUT2D eigenvalue weighted by molar-refractivity contribution is -0.870. The summed E-state index contributed by atoms with van der Waals surface area (Å²) in [6.45, 7) is 4.03. The summed E-state index contributed by atoms with van der Waals surface area (Å²) in [5, 5.41) is 0. The van der Waals surface area contributed by atoms with Crippen molar-refractivity contribution in [1.82, 2.24) is 0 Å². The van der Waals surface area contributed by atoms with Gasteiger partial charge >= 0.3 is 11.9 Å². The van der Waals surface area contributed by atoms with Crippen molar-refractivity contribution in [3.8, 4) is 0 Å².